The third-order valence-corrected chi connectivity index (χ3v) is 1.11. The summed E-state index contributed by atoms with van der Waals surface area (Å²) >= 11 is 0. The Labute approximate surface area is 57.5 Å². The number of nitrogens with zero attached hydrogens (tertiary/aromatic N) is 2. The fourth-order valence-electron chi connectivity index (χ4n) is 0.731. The van der Waals surface area contributed by atoms with Gasteiger partial charge in [-0.1, -0.05) is 0 Å². The van der Waals surface area contributed by atoms with Gasteiger partial charge in [0.15, 0.2) is 0 Å². The van der Waals surface area contributed by atoms with Crippen LogP contribution in [0.3, 0.4) is 0 Å². The predicted molar refractivity (Wildman–Crippen MR) is 33.0 cm³/mol. The first-order valence-electron chi connectivity index (χ1n) is 2.95. The van der Waals surface area contributed by atoms with E-state index < -0.39 is 6.43 Å². The van der Waals surface area contributed by atoms with Crippen molar-refractivity contribution in [3.8, 4) is 0 Å². The summed E-state index contributed by atoms with van der Waals surface area (Å²) in [6.45, 7) is 1.50. The minimum absolute atomic E-state index is 0.263. The summed E-state index contributed by atoms with van der Waals surface area (Å²) < 4.78 is 24.7. The molecule has 0 bridgehead atoms. The SMILES string of the molecule is Cc1cn(CC(F)F)cn1. The molecule has 0 fully saturated rings. The van der Waals surface area contributed by atoms with Gasteiger partial charge in [-0.2, -0.15) is 0 Å². The van der Waals surface area contributed by atoms with Gasteiger partial charge in [0.1, 0.15) is 0 Å². The van der Waals surface area contributed by atoms with E-state index in [1.54, 1.807) is 13.1 Å². The van der Waals surface area contributed by atoms with Crippen LogP contribution >= 0.6 is 0 Å². The van der Waals surface area contributed by atoms with Gasteiger partial charge in [0.05, 0.1) is 18.6 Å². The Balaban J connectivity index is 2.58. The molecular formula is C6H8F2N2. The molecule has 1 aromatic heterocycles. The zero-order valence-electron chi connectivity index (χ0n) is 5.59. The van der Waals surface area contributed by atoms with E-state index in [2.05, 4.69) is 4.98 Å². The van der Waals surface area contributed by atoms with Crippen LogP contribution in [-0.4, -0.2) is 16.0 Å². The van der Waals surface area contributed by atoms with Gasteiger partial charge in [-0.05, 0) is 6.92 Å². The van der Waals surface area contributed by atoms with Crippen LogP contribution in [0.2, 0.25) is 0 Å². The molecule has 0 unspecified atom stereocenters. The summed E-state index contributed by atoms with van der Waals surface area (Å²) in [6.07, 6.45) is 0.696. The number of hydrogen-bond acceptors (Lipinski definition) is 1. The molecule has 0 aromatic carbocycles. The molecule has 4 heteroatoms. The molecule has 1 aromatic rings. The fraction of sp³-hybridized carbons (Fsp3) is 0.500. The van der Waals surface area contributed by atoms with Gasteiger partial charge in [0, 0.05) is 6.20 Å². The highest BCUT2D eigenvalue weighted by molar-refractivity contribution is 4.91. The molecule has 0 amide bonds. The molecule has 1 heterocycles. The van der Waals surface area contributed by atoms with Gasteiger partial charge < -0.3 is 4.57 Å². The summed E-state index contributed by atoms with van der Waals surface area (Å²) in [5, 5.41) is 0. The molecule has 0 atom stereocenters. The van der Waals surface area contributed by atoms with Crippen LogP contribution in [-0.2, 0) is 6.54 Å². The number of imidazole rings is 1. The fourth-order valence-corrected chi connectivity index (χ4v) is 0.731. The molecule has 0 saturated heterocycles. The Morgan fingerprint density at radius 1 is 1.70 bits per heavy atom. The van der Waals surface area contributed by atoms with Gasteiger partial charge in [-0.3, -0.25) is 0 Å². The van der Waals surface area contributed by atoms with Gasteiger partial charge in [-0.25, -0.2) is 13.8 Å². The summed E-state index contributed by atoms with van der Waals surface area (Å²) in [5.41, 5.74) is 0.764. The Hall–Kier alpha value is -0.930. The van der Waals surface area contributed by atoms with Crippen LogP contribution < -0.4 is 0 Å². The smallest absolute Gasteiger partial charge is 0.256 e. The molecule has 0 radical (unpaired) electrons. The Bertz CT molecular complexity index is 207. The normalized spacial score (nSPS) is 10.8. The van der Waals surface area contributed by atoms with Gasteiger partial charge >= 0.3 is 0 Å². The van der Waals surface area contributed by atoms with Crippen molar-refractivity contribution in [2.45, 2.75) is 19.9 Å². The number of aromatic nitrogens is 2. The first-order chi connectivity index (χ1) is 4.68. The summed E-state index contributed by atoms with van der Waals surface area (Å²) in [6, 6.07) is 0. The van der Waals surface area contributed by atoms with Crippen LogP contribution in [0.15, 0.2) is 12.5 Å². The van der Waals surface area contributed by atoms with Crippen molar-refractivity contribution in [3.05, 3.63) is 18.2 Å². The minimum atomic E-state index is -2.30. The second-order valence-electron chi connectivity index (χ2n) is 2.10. The third kappa shape index (κ3) is 1.79. The molecule has 0 aliphatic heterocycles. The lowest BCUT2D eigenvalue weighted by molar-refractivity contribution is 0.126. The molecule has 56 valence electrons. The van der Waals surface area contributed by atoms with Crippen molar-refractivity contribution in [2.75, 3.05) is 0 Å². The Morgan fingerprint density at radius 2 is 2.40 bits per heavy atom. The van der Waals surface area contributed by atoms with E-state index in [9.17, 15) is 8.78 Å². The monoisotopic (exact) mass is 146 g/mol. The van der Waals surface area contributed by atoms with Crippen LogP contribution in [0.4, 0.5) is 8.78 Å². The van der Waals surface area contributed by atoms with E-state index in [1.165, 1.54) is 10.9 Å². The van der Waals surface area contributed by atoms with Crippen LogP contribution in [0.25, 0.3) is 0 Å². The predicted octanol–water partition coefficient (Wildman–Crippen LogP) is 1.46. The Morgan fingerprint density at radius 3 is 2.80 bits per heavy atom. The van der Waals surface area contributed by atoms with Crippen molar-refractivity contribution in [1.82, 2.24) is 9.55 Å². The molecule has 10 heavy (non-hydrogen) atoms. The molecule has 0 aliphatic carbocycles. The standard InChI is InChI=1S/C6H8F2N2/c1-5-2-10(4-9-5)3-6(7)8/h2,4,6H,3H2,1H3. The number of halogens is 2. The highest BCUT2D eigenvalue weighted by Crippen LogP contribution is 1.99. The zero-order valence-corrected chi connectivity index (χ0v) is 5.59. The zero-order chi connectivity index (χ0) is 7.56. The van der Waals surface area contributed by atoms with Crippen molar-refractivity contribution in [2.24, 2.45) is 0 Å². The average molecular weight is 146 g/mol. The molecular weight excluding hydrogens is 138 g/mol. The van der Waals surface area contributed by atoms with E-state index in [1.807, 2.05) is 0 Å². The van der Waals surface area contributed by atoms with Crippen LogP contribution in [0, 0.1) is 6.92 Å². The largest absolute Gasteiger partial charge is 0.331 e. The maximum atomic E-state index is 11.7. The van der Waals surface area contributed by atoms with Crippen LogP contribution in [0.1, 0.15) is 5.69 Å². The van der Waals surface area contributed by atoms with E-state index in [4.69, 9.17) is 0 Å². The average Bonchev–Trinajstić information content (AvgIpc) is 2.13. The maximum Gasteiger partial charge on any atom is 0.256 e. The highest BCUT2D eigenvalue weighted by Gasteiger charge is 2.02. The summed E-state index contributed by atoms with van der Waals surface area (Å²) in [7, 11) is 0. The van der Waals surface area contributed by atoms with Gasteiger partial charge in [0.2, 0.25) is 0 Å². The van der Waals surface area contributed by atoms with Gasteiger partial charge in [0.25, 0.3) is 6.43 Å². The third-order valence-electron chi connectivity index (χ3n) is 1.11. The number of alkyl halides is 2. The lowest BCUT2D eigenvalue weighted by atomic mass is 10.5. The first-order valence-corrected chi connectivity index (χ1v) is 2.95. The van der Waals surface area contributed by atoms with Gasteiger partial charge in [-0.15, -0.1) is 0 Å². The molecule has 0 aliphatic rings. The molecule has 1 rings (SSSR count). The van der Waals surface area contributed by atoms with Crippen molar-refractivity contribution in [3.63, 3.8) is 0 Å². The van der Waals surface area contributed by atoms with E-state index >= 15 is 0 Å². The van der Waals surface area contributed by atoms with E-state index in [0.717, 1.165) is 5.69 Å². The minimum Gasteiger partial charge on any atom is -0.331 e. The molecule has 0 saturated carbocycles. The van der Waals surface area contributed by atoms with E-state index in [0.29, 0.717) is 0 Å². The maximum absolute atomic E-state index is 11.7. The summed E-state index contributed by atoms with van der Waals surface area (Å²) in [4.78, 5) is 3.80. The topological polar surface area (TPSA) is 17.8 Å². The second kappa shape index (κ2) is 2.77. The quantitative estimate of drug-likeness (QED) is 0.617. The molecule has 0 N–H and O–H groups in total. The van der Waals surface area contributed by atoms with Crippen molar-refractivity contribution in [1.29, 1.82) is 0 Å². The highest BCUT2D eigenvalue weighted by atomic mass is 19.3. The first kappa shape index (κ1) is 7.18. The molecule has 2 nitrogen and oxygen atoms in total. The molecule has 0 spiro atoms. The van der Waals surface area contributed by atoms with E-state index in [-0.39, 0.29) is 6.54 Å². The van der Waals surface area contributed by atoms with Crippen molar-refractivity contribution >= 4 is 0 Å². The number of aryl methyl sites for hydroxylation is 1. The number of hydrogen-bond donors (Lipinski definition) is 0. The second-order valence-corrected chi connectivity index (χ2v) is 2.10. The van der Waals surface area contributed by atoms with Crippen LogP contribution in [0.5, 0.6) is 0 Å². The Kier molecular flexibility index (Phi) is 1.99. The number of rotatable bonds is 2. The van der Waals surface area contributed by atoms with Crippen molar-refractivity contribution < 1.29 is 8.78 Å². The lowest BCUT2D eigenvalue weighted by Crippen LogP contribution is -2.03. The summed E-state index contributed by atoms with van der Waals surface area (Å²) in [5.74, 6) is 0. The lowest BCUT2D eigenvalue weighted by Gasteiger charge is -1.97.